The lowest BCUT2D eigenvalue weighted by atomic mass is 10.1. The van der Waals surface area contributed by atoms with Gasteiger partial charge in [-0.1, -0.05) is 35.3 Å². The fourth-order valence-electron chi connectivity index (χ4n) is 1.27. The Balaban J connectivity index is 3.38. The summed E-state index contributed by atoms with van der Waals surface area (Å²) in [6, 6.07) is 4.24. The molecule has 114 valence electrons. The highest BCUT2D eigenvalue weighted by atomic mass is 35.5. The topological polar surface area (TPSA) is 49.7 Å². The minimum absolute atomic E-state index is 0.541. The van der Waals surface area contributed by atoms with Crippen LogP contribution in [0.3, 0.4) is 0 Å². The lowest BCUT2D eigenvalue weighted by Gasteiger charge is -2.28. The number of isocyanates is 1. The van der Waals surface area contributed by atoms with Crippen LogP contribution in [0.25, 0.3) is 0 Å². The van der Waals surface area contributed by atoms with E-state index >= 15 is 0 Å². The minimum Gasteiger partial charge on any atom is -0.266 e. The first-order valence-corrected chi connectivity index (χ1v) is 6.43. The maximum atomic E-state index is 13.1. The summed E-state index contributed by atoms with van der Waals surface area (Å²) in [7, 11) is 0. The highest BCUT2D eigenvalue weighted by Gasteiger charge is 2.45. The lowest BCUT2D eigenvalue weighted by Crippen LogP contribution is -2.35. The molecule has 1 aromatic rings. The third-order valence-corrected chi connectivity index (χ3v) is 3.13. The van der Waals surface area contributed by atoms with Gasteiger partial charge in [0.1, 0.15) is 0 Å². The number of benzene rings is 1. The van der Waals surface area contributed by atoms with E-state index in [2.05, 4.69) is 4.99 Å². The van der Waals surface area contributed by atoms with Crippen LogP contribution < -0.4 is 4.31 Å². The van der Waals surface area contributed by atoms with Gasteiger partial charge >= 0.3 is 10.2 Å². The van der Waals surface area contributed by atoms with Crippen LogP contribution in [0.1, 0.15) is 10.4 Å². The highest BCUT2D eigenvalue weighted by Crippen LogP contribution is 2.46. The van der Waals surface area contributed by atoms with Crippen molar-refractivity contribution in [2.75, 3.05) is 4.31 Å². The van der Waals surface area contributed by atoms with Crippen molar-refractivity contribution in [2.24, 2.45) is 4.99 Å². The average molecular weight is 363 g/mol. The number of aliphatic imine (C=N–C) groups is 1. The first kappa shape index (κ1) is 17.8. The lowest BCUT2D eigenvalue weighted by molar-refractivity contribution is -0.114. The normalized spacial score (nSPS) is 11.7. The summed E-state index contributed by atoms with van der Waals surface area (Å²) in [6.07, 6.45) is -4.19. The van der Waals surface area contributed by atoms with Crippen LogP contribution >= 0.6 is 35.1 Å². The Morgan fingerprint density at radius 3 is 2.29 bits per heavy atom. The van der Waals surface area contributed by atoms with Crippen LogP contribution in [0.4, 0.5) is 23.2 Å². The molecule has 11 heteroatoms. The summed E-state index contributed by atoms with van der Waals surface area (Å²) in [5.74, 6) is -1.27. The molecule has 1 aromatic carbocycles. The Bertz CT molecular complexity index is 585. The molecule has 0 aliphatic carbocycles. The number of alkyl halides is 6. The second-order valence-electron chi connectivity index (χ2n) is 3.32. The SMILES string of the molecule is O=C=NC(=O)c1ccccc1N(SC(F)(Cl)Cl)C(F)(F)F. The van der Waals surface area contributed by atoms with Crippen molar-refractivity contribution in [3.63, 3.8) is 0 Å². The molecule has 0 bridgehead atoms. The van der Waals surface area contributed by atoms with Crippen LogP contribution in [0.2, 0.25) is 0 Å². The molecule has 1 rings (SSSR count). The monoisotopic (exact) mass is 362 g/mol. The van der Waals surface area contributed by atoms with Gasteiger partial charge < -0.3 is 0 Å². The Kier molecular flexibility index (Phi) is 5.63. The number of amides is 1. The standard InChI is InChI=1S/C10H4Cl2F4N2O2S/c11-9(12,13)21-18(10(14,15)16)7-4-2-1-3-6(7)8(20)17-5-19/h1-4H. The quantitative estimate of drug-likeness (QED) is 0.201. The fraction of sp³-hybridized carbons (Fsp3) is 0.200. The van der Waals surface area contributed by atoms with E-state index in [1.807, 2.05) is 0 Å². The van der Waals surface area contributed by atoms with Crippen LogP contribution in [0, 0.1) is 0 Å². The second kappa shape index (κ2) is 6.65. The van der Waals surface area contributed by atoms with Crippen molar-refractivity contribution in [3.05, 3.63) is 29.8 Å². The summed E-state index contributed by atoms with van der Waals surface area (Å²) in [5.41, 5.74) is -1.37. The van der Waals surface area contributed by atoms with E-state index in [0.29, 0.717) is 0 Å². The van der Waals surface area contributed by atoms with Gasteiger partial charge in [-0.05, 0) is 12.1 Å². The third kappa shape index (κ3) is 5.20. The third-order valence-electron chi connectivity index (χ3n) is 1.93. The zero-order valence-electron chi connectivity index (χ0n) is 9.70. The second-order valence-corrected chi connectivity index (χ2v) is 6.12. The molecule has 0 saturated carbocycles. The Morgan fingerprint density at radius 1 is 1.24 bits per heavy atom. The summed E-state index contributed by atoms with van der Waals surface area (Å²) >= 11 is 9.24. The van der Waals surface area contributed by atoms with Gasteiger partial charge in [0.15, 0.2) is 0 Å². The van der Waals surface area contributed by atoms with E-state index in [4.69, 9.17) is 23.2 Å². The number of carbonyl (C=O) groups excluding carboxylic acids is 2. The van der Waals surface area contributed by atoms with Crippen LogP contribution in [0.15, 0.2) is 29.3 Å². The van der Waals surface area contributed by atoms with Gasteiger partial charge in [-0.15, -0.1) is 18.2 Å². The molecule has 0 radical (unpaired) electrons. The Hall–Kier alpha value is -1.28. The van der Waals surface area contributed by atoms with Crippen molar-refractivity contribution >= 4 is 52.8 Å². The number of nitrogens with zero attached hydrogens (tertiary/aromatic N) is 2. The zero-order chi connectivity index (χ0) is 16.3. The number of hydrogen-bond donors (Lipinski definition) is 0. The van der Waals surface area contributed by atoms with Crippen LogP contribution in [-0.2, 0) is 4.79 Å². The first-order valence-electron chi connectivity index (χ1n) is 4.90. The highest BCUT2D eigenvalue weighted by molar-refractivity contribution is 8.04. The number of halogens is 6. The molecule has 0 aromatic heterocycles. The predicted molar refractivity (Wildman–Crippen MR) is 70.6 cm³/mol. The molecule has 0 aliphatic heterocycles. The first-order chi connectivity index (χ1) is 9.56. The van der Waals surface area contributed by atoms with Crippen molar-refractivity contribution in [3.8, 4) is 0 Å². The smallest absolute Gasteiger partial charge is 0.266 e. The number of anilines is 1. The van der Waals surface area contributed by atoms with E-state index < -0.39 is 43.6 Å². The van der Waals surface area contributed by atoms with Gasteiger partial charge in [-0.2, -0.15) is 4.39 Å². The summed E-state index contributed by atoms with van der Waals surface area (Å²) in [6.45, 7) is 0. The molecule has 0 atom stereocenters. The maximum absolute atomic E-state index is 13.1. The number of rotatable bonds is 4. The van der Waals surface area contributed by atoms with E-state index in [1.54, 1.807) is 0 Å². The molecule has 0 aliphatic rings. The molecular weight excluding hydrogens is 359 g/mol. The molecule has 0 saturated heterocycles. The van der Waals surface area contributed by atoms with Gasteiger partial charge in [-0.3, -0.25) is 4.79 Å². The van der Waals surface area contributed by atoms with E-state index in [1.165, 1.54) is 12.1 Å². The number of para-hydroxylation sites is 1. The van der Waals surface area contributed by atoms with Crippen molar-refractivity contribution < 1.29 is 27.2 Å². The molecule has 0 spiro atoms. The Morgan fingerprint density at radius 2 is 1.81 bits per heavy atom. The maximum Gasteiger partial charge on any atom is 0.495 e. The molecule has 0 heterocycles. The Labute approximate surface area is 129 Å². The number of carbonyl (C=O) groups is 1. The van der Waals surface area contributed by atoms with Crippen molar-refractivity contribution in [1.29, 1.82) is 0 Å². The van der Waals surface area contributed by atoms with Gasteiger partial charge in [0.25, 0.3) is 5.91 Å². The average Bonchev–Trinajstić information content (AvgIpc) is 2.34. The van der Waals surface area contributed by atoms with Crippen molar-refractivity contribution in [2.45, 2.75) is 10.2 Å². The summed E-state index contributed by atoms with van der Waals surface area (Å²) in [4.78, 5) is 24.2. The zero-order valence-corrected chi connectivity index (χ0v) is 12.0. The van der Waals surface area contributed by atoms with Crippen LogP contribution in [0.5, 0.6) is 0 Å². The van der Waals surface area contributed by atoms with Crippen molar-refractivity contribution in [1.82, 2.24) is 0 Å². The molecule has 0 N–H and O–H groups in total. The van der Waals surface area contributed by atoms with E-state index in [9.17, 15) is 27.2 Å². The molecule has 4 nitrogen and oxygen atoms in total. The van der Waals surface area contributed by atoms with E-state index in [0.717, 1.165) is 18.2 Å². The number of hydrogen-bond acceptors (Lipinski definition) is 4. The van der Waals surface area contributed by atoms with Gasteiger partial charge in [0.2, 0.25) is 6.08 Å². The van der Waals surface area contributed by atoms with Gasteiger partial charge in [-0.25, -0.2) is 9.10 Å². The fourth-order valence-corrected chi connectivity index (χ4v) is 2.26. The summed E-state index contributed by atoms with van der Waals surface area (Å²) in [5, 5.41) is 0. The summed E-state index contributed by atoms with van der Waals surface area (Å²) < 4.78 is 48.2. The van der Waals surface area contributed by atoms with Crippen LogP contribution in [-0.4, -0.2) is 22.2 Å². The minimum atomic E-state index is -5.10. The van der Waals surface area contributed by atoms with Gasteiger partial charge in [0, 0.05) is 11.9 Å². The van der Waals surface area contributed by atoms with E-state index in [-0.39, 0.29) is 0 Å². The molecule has 1 amide bonds. The molecule has 0 unspecified atom stereocenters. The molecule has 0 fully saturated rings. The molecular formula is C10H4Cl2F4N2O2S. The molecule has 21 heavy (non-hydrogen) atoms. The predicted octanol–water partition coefficient (Wildman–Crippen LogP) is 4.20. The van der Waals surface area contributed by atoms with Gasteiger partial charge in [0.05, 0.1) is 11.3 Å². The largest absolute Gasteiger partial charge is 0.495 e.